The zero-order chi connectivity index (χ0) is 14.4. The van der Waals surface area contributed by atoms with Crippen LogP contribution in [0.3, 0.4) is 0 Å². The van der Waals surface area contributed by atoms with Gasteiger partial charge in [0.15, 0.2) is 0 Å². The molecule has 2 saturated carbocycles. The number of hydrogen-bond donors (Lipinski definition) is 1. The molecule has 3 unspecified atom stereocenters. The molecule has 2 nitrogen and oxygen atoms in total. The maximum Gasteiger partial charge on any atom is 0.0669 e. The highest BCUT2D eigenvalue weighted by atomic mass is 15.0. The van der Waals surface area contributed by atoms with Crippen LogP contribution < -0.4 is 5.32 Å². The van der Waals surface area contributed by atoms with Gasteiger partial charge in [0.2, 0.25) is 0 Å². The number of nitrogens with one attached hydrogen (secondary N) is 1. The molecule has 0 aliphatic heterocycles. The average molecular weight is 268 g/mol. The van der Waals surface area contributed by atoms with Gasteiger partial charge in [0, 0.05) is 11.7 Å². The molecule has 1 aromatic rings. The van der Waals surface area contributed by atoms with E-state index in [2.05, 4.69) is 56.4 Å². The molecular weight excluding hydrogens is 244 g/mol. The van der Waals surface area contributed by atoms with Gasteiger partial charge < -0.3 is 5.32 Å². The van der Waals surface area contributed by atoms with Crippen molar-refractivity contribution >= 4 is 5.69 Å². The lowest BCUT2D eigenvalue weighted by atomic mass is 9.69. The zero-order valence-electron chi connectivity index (χ0n) is 12.7. The number of fused-ring (bicyclic) bond motifs is 2. The quantitative estimate of drug-likeness (QED) is 0.883. The van der Waals surface area contributed by atoms with Crippen molar-refractivity contribution in [3.8, 4) is 6.07 Å². The lowest BCUT2D eigenvalue weighted by molar-refractivity contribution is 0.142. The molecule has 0 radical (unpaired) electrons. The topological polar surface area (TPSA) is 35.8 Å². The molecule has 2 aliphatic rings. The van der Waals surface area contributed by atoms with Gasteiger partial charge in [-0.1, -0.05) is 32.9 Å². The third-order valence-electron chi connectivity index (χ3n) is 6.37. The molecule has 0 aromatic heterocycles. The van der Waals surface area contributed by atoms with Gasteiger partial charge in [-0.2, -0.15) is 5.26 Å². The molecule has 106 valence electrons. The molecule has 3 atom stereocenters. The highest BCUT2D eigenvalue weighted by Crippen LogP contribution is 2.65. The first-order chi connectivity index (χ1) is 9.47. The summed E-state index contributed by atoms with van der Waals surface area (Å²) < 4.78 is 0. The number of nitriles is 1. The second-order valence-corrected chi connectivity index (χ2v) is 7.34. The van der Waals surface area contributed by atoms with E-state index in [0.29, 0.717) is 23.3 Å². The van der Waals surface area contributed by atoms with Crippen LogP contribution in [0, 0.1) is 28.1 Å². The Kier molecular flexibility index (Phi) is 3.05. The Balaban J connectivity index is 1.75. The van der Waals surface area contributed by atoms with Crippen LogP contribution in [0.4, 0.5) is 5.69 Å². The largest absolute Gasteiger partial charge is 0.382 e. The zero-order valence-corrected chi connectivity index (χ0v) is 12.7. The minimum absolute atomic E-state index is 0.406. The Morgan fingerprint density at radius 1 is 1.25 bits per heavy atom. The smallest absolute Gasteiger partial charge is 0.0669 e. The van der Waals surface area contributed by atoms with Gasteiger partial charge in [-0.25, -0.2) is 0 Å². The molecule has 2 heteroatoms. The van der Waals surface area contributed by atoms with Gasteiger partial charge in [-0.3, -0.25) is 0 Å². The van der Waals surface area contributed by atoms with E-state index in [1.807, 2.05) is 0 Å². The third kappa shape index (κ3) is 1.84. The van der Waals surface area contributed by atoms with Gasteiger partial charge in [0.25, 0.3) is 0 Å². The fourth-order valence-corrected chi connectivity index (χ4v) is 4.43. The van der Waals surface area contributed by atoms with E-state index in [4.69, 9.17) is 5.26 Å². The first kappa shape index (κ1) is 13.5. The summed E-state index contributed by atoms with van der Waals surface area (Å²) in [6, 6.07) is 11.1. The monoisotopic (exact) mass is 268 g/mol. The van der Waals surface area contributed by atoms with E-state index in [-0.39, 0.29) is 0 Å². The molecule has 0 amide bonds. The Hall–Kier alpha value is -1.49. The van der Waals surface area contributed by atoms with E-state index >= 15 is 0 Å². The van der Waals surface area contributed by atoms with Crippen molar-refractivity contribution in [3.63, 3.8) is 0 Å². The van der Waals surface area contributed by atoms with E-state index in [1.54, 1.807) is 0 Å². The lowest BCUT2D eigenvalue weighted by Gasteiger charge is -2.40. The molecule has 1 N–H and O–H groups in total. The maximum atomic E-state index is 8.72. The van der Waals surface area contributed by atoms with Gasteiger partial charge in [0.1, 0.15) is 0 Å². The van der Waals surface area contributed by atoms with E-state index in [0.717, 1.165) is 11.5 Å². The van der Waals surface area contributed by atoms with Crippen LogP contribution >= 0.6 is 0 Å². The first-order valence-corrected chi connectivity index (χ1v) is 7.70. The Morgan fingerprint density at radius 2 is 1.95 bits per heavy atom. The van der Waals surface area contributed by atoms with E-state index in [1.165, 1.54) is 24.9 Å². The summed E-state index contributed by atoms with van der Waals surface area (Å²) in [6.45, 7) is 7.35. The number of benzene rings is 1. The Labute approximate surface area is 122 Å². The van der Waals surface area contributed by atoms with Crippen LogP contribution in [0.1, 0.15) is 45.6 Å². The fourth-order valence-electron chi connectivity index (χ4n) is 4.43. The fraction of sp³-hybridized carbons (Fsp3) is 0.611. The van der Waals surface area contributed by atoms with Gasteiger partial charge in [-0.15, -0.1) is 0 Å². The molecule has 2 aliphatic carbocycles. The summed E-state index contributed by atoms with van der Waals surface area (Å²) in [5.41, 5.74) is 3.15. The number of rotatable bonds is 3. The molecule has 1 aromatic carbocycles. The van der Waals surface area contributed by atoms with E-state index in [9.17, 15) is 0 Å². The highest BCUT2D eigenvalue weighted by molar-refractivity contribution is 5.47. The minimum Gasteiger partial charge on any atom is -0.382 e. The molecule has 0 heterocycles. The van der Waals surface area contributed by atoms with Crippen molar-refractivity contribution in [2.75, 3.05) is 5.32 Å². The Morgan fingerprint density at radius 3 is 2.45 bits per heavy atom. The molecule has 20 heavy (non-hydrogen) atoms. The number of nitrogens with zero attached hydrogens (tertiary/aromatic N) is 1. The number of anilines is 1. The van der Waals surface area contributed by atoms with Crippen LogP contribution in [0.15, 0.2) is 24.3 Å². The van der Waals surface area contributed by atoms with Crippen LogP contribution in [0.2, 0.25) is 0 Å². The SMILES string of the molecule is CC1(C)C2CCC1(C)C(Nc1ccc(CC#N)cc1)C2. The van der Waals surface area contributed by atoms with Crippen molar-refractivity contribution in [2.45, 2.75) is 52.5 Å². The van der Waals surface area contributed by atoms with Crippen molar-refractivity contribution in [2.24, 2.45) is 16.7 Å². The summed E-state index contributed by atoms with van der Waals surface area (Å²) in [5, 5.41) is 12.5. The summed E-state index contributed by atoms with van der Waals surface area (Å²) >= 11 is 0. The summed E-state index contributed by atoms with van der Waals surface area (Å²) in [4.78, 5) is 0. The number of hydrogen-bond acceptors (Lipinski definition) is 2. The Bertz CT molecular complexity index is 538. The molecule has 2 fully saturated rings. The summed E-state index contributed by atoms with van der Waals surface area (Å²) in [5.74, 6) is 0.864. The average Bonchev–Trinajstić information content (AvgIpc) is 2.74. The summed E-state index contributed by atoms with van der Waals surface area (Å²) in [6.07, 6.45) is 4.53. The van der Waals surface area contributed by atoms with Crippen molar-refractivity contribution in [1.82, 2.24) is 0 Å². The van der Waals surface area contributed by atoms with E-state index < -0.39 is 0 Å². The second kappa shape index (κ2) is 4.52. The van der Waals surface area contributed by atoms with Crippen LogP contribution in [-0.4, -0.2) is 6.04 Å². The minimum atomic E-state index is 0.406. The van der Waals surface area contributed by atoms with Gasteiger partial charge in [0.05, 0.1) is 12.5 Å². The first-order valence-electron chi connectivity index (χ1n) is 7.70. The third-order valence-corrected chi connectivity index (χ3v) is 6.37. The second-order valence-electron chi connectivity index (χ2n) is 7.34. The molecular formula is C18H24N2. The summed E-state index contributed by atoms with van der Waals surface area (Å²) in [7, 11) is 0. The molecule has 0 spiro atoms. The molecule has 3 rings (SSSR count). The standard InChI is InChI=1S/C18H24N2/c1-17(2)14-8-10-18(17,3)16(12-14)20-15-6-4-13(5-7-15)9-11-19/h4-7,14,16,20H,8-10,12H2,1-3H3. The molecule has 2 bridgehead atoms. The predicted molar refractivity (Wildman–Crippen MR) is 82.4 cm³/mol. The van der Waals surface area contributed by atoms with Crippen molar-refractivity contribution in [3.05, 3.63) is 29.8 Å². The van der Waals surface area contributed by atoms with Gasteiger partial charge >= 0.3 is 0 Å². The van der Waals surface area contributed by atoms with Crippen LogP contribution in [-0.2, 0) is 6.42 Å². The predicted octanol–water partition coefficient (Wildman–Crippen LogP) is 4.38. The van der Waals surface area contributed by atoms with Crippen molar-refractivity contribution in [1.29, 1.82) is 5.26 Å². The highest BCUT2D eigenvalue weighted by Gasteiger charge is 2.61. The molecule has 0 saturated heterocycles. The normalized spacial score (nSPS) is 33.9. The van der Waals surface area contributed by atoms with Crippen molar-refractivity contribution < 1.29 is 0 Å². The van der Waals surface area contributed by atoms with Gasteiger partial charge in [-0.05, 0) is 53.7 Å². The maximum absolute atomic E-state index is 8.72. The lowest BCUT2D eigenvalue weighted by Crippen LogP contribution is -2.40. The van der Waals surface area contributed by atoms with Crippen LogP contribution in [0.25, 0.3) is 0 Å². The van der Waals surface area contributed by atoms with Crippen LogP contribution in [0.5, 0.6) is 0 Å².